The molecular weight excluding hydrogens is 561 g/mol. The number of fused-ring (bicyclic) bond motifs is 4. The van der Waals surface area contributed by atoms with Crippen LogP contribution < -0.4 is 5.56 Å². The van der Waals surface area contributed by atoms with E-state index in [-0.39, 0.29) is 22.7 Å². The molecule has 0 unspecified atom stereocenters. The van der Waals surface area contributed by atoms with Crippen LogP contribution in [0.5, 0.6) is 0 Å². The van der Waals surface area contributed by atoms with E-state index in [2.05, 4.69) is 4.98 Å². The van der Waals surface area contributed by atoms with Crippen molar-refractivity contribution in [3.8, 4) is 17.1 Å². The van der Waals surface area contributed by atoms with Crippen LogP contribution in [0.2, 0.25) is 0 Å². The molecule has 3 heterocycles. The number of hydrogen-bond donors (Lipinski definition) is 0. The first-order valence-electron chi connectivity index (χ1n) is 12.9. The molecule has 11 heteroatoms. The third-order valence-corrected chi connectivity index (χ3v) is 7.65. The molecular formula is C31H19F3N6OS. The van der Waals surface area contributed by atoms with Crippen LogP contribution in [0.25, 0.3) is 44.5 Å². The van der Waals surface area contributed by atoms with Gasteiger partial charge in [0.1, 0.15) is 5.82 Å². The first-order valence-corrected chi connectivity index (χ1v) is 13.9. The largest absolute Gasteiger partial charge is 0.418 e. The molecule has 0 saturated carbocycles. The number of halogens is 3. The predicted octanol–water partition coefficient (Wildman–Crippen LogP) is 6.95. The second kappa shape index (κ2) is 10.1. The van der Waals surface area contributed by atoms with E-state index in [4.69, 9.17) is 15.1 Å². The molecule has 0 amide bonds. The summed E-state index contributed by atoms with van der Waals surface area (Å²) in [5.41, 5.74) is 0.791. The lowest BCUT2D eigenvalue weighted by Crippen LogP contribution is -2.26. The lowest BCUT2D eigenvalue weighted by atomic mass is 10.1. The predicted molar refractivity (Wildman–Crippen MR) is 156 cm³/mol. The van der Waals surface area contributed by atoms with Gasteiger partial charge in [-0.3, -0.25) is 9.36 Å². The number of nitrogens with zero attached hydrogens (tertiary/aromatic N) is 6. The monoisotopic (exact) mass is 580 g/mol. The number of thioether (sulfide) groups is 1. The van der Waals surface area contributed by atoms with Crippen LogP contribution in [0.1, 0.15) is 11.4 Å². The Labute approximate surface area is 240 Å². The molecule has 0 spiro atoms. The molecule has 206 valence electrons. The van der Waals surface area contributed by atoms with Gasteiger partial charge in [-0.1, -0.05) is 78.5 Å². The zero-order chi connectivity index (χ0) is 28.8. The summed E-state index contributed by atoms with van der Waals surface area (Å²) in [5, 5.41) is 6.10. The fourth-order valence-corrected chi connectivity index (χ4v) is 5.68. The average Bonchev–Trinajstić information content (AvgIpc) is 3.44. The topological polar surface area (TPSA) is 78.0 Å². The summed E-state index contributed by atoms with van der Waals surface area (Å²) in [6.45, 7) is 0. The molecule has 0 fully saturated rings. The highest BCUT2D eigenvalue weighted by Gasteiger charge is 2.34. The Morgan fingerprint density at radius 2 is 1.36 bits per heavy atom. The zero-order valence-corrected chi connectivity index (χ0v) is 22.5. The Morgan fingerprint density at radius 1 is 0.714 bits per heavy atom. The molecule has 7 aromatic rings. The lowest BCUT2D eigenvalue weighted by Gasteiger charge is -2.17. The Bertz CT molecular complexity index is 2180. The lowest BCUT2D eigenvalue weighted by molar-refractivity contribution is -0.137. The SMILES string of the molecule is O=c1c2ccccc2nc(CSc2nc3c4ccccc4nc(-c4ccccc4)n3n2)n1-c1ccccc1C(F)(F)F. The molecule has 7 rings (SSSR count). The van der Waals surface area contributed by atoms with Crippen LogP contribution in [0.3, 0.4) is 0 Å². The van der Waals surface area contributed by atoms with E-state index in [1.165, 1.54) is 30.0 Å². The Kier molecular flexibility index (Phi) is 6.23. The molecule has 0 atom stereocenters. The van der Waals surface area contributed by atoms with Gasteiger partial charge in [0, 0.05) is 10.9 Å². The Hall–Kier alpha value is -5.03. The summed E-state index contributed by atoms with van der Waals surface area (Å²) >= 11 is 1.18. The smallest absolute Gasteiger partial charge is 0.268 e. The van der Waals surface area contributed by atoms with Crippen LogP contribution in [0.4, 0.5) is 13.2 Å². The molecule has 42 heavy (non-hydrogen) atoms. The molecule has 3 aromatic heterocycles. The van der Waals surface area contributed by atoms with Crippen LogP contribution in [-0.2, 0) is 11.9 Å². The minimum absolute atomic E-state index is 0.0369. The minimum atomic E-state index is -4.67. The number of hydrogen-bond acceptors (Lipinski definition) is 6. The normalized spacial score (nSPS) is 12.0. The van der Waals surface area contributed by atoms with E-state index >= 15 is 0 Å². The molecule has 0 saturated heterocycles. The fourth-order valence-electron chi connectivity index (χ4n) is 4.93. The van der Waals surface area contributed by atoms with Gasteiger partial charge in [0.2, 0.25) is 5.16 Å². The van der Waals surface area contributed by atoms with Gasteiger partial charge in [-0.25, -0.2) is 15.0 Å². The average molecular weight is 581 g/mol. The van der Waals surface area contributed by atoms with Crippen molar-refractivity contribution in [2.75, 3.05) is 0 Å². The molecule has 0 bridgehead atoms. The number of alkyl halides is 3. The van der Waals surface area contributed by atoms with Gasteiger partial charge in [0.25, 0.3) is 5.56 Å². The highest BCUT2D eigenvalue weighted by atomic mass is 32.2. The third-order valence-electron chi connectivity index (χ3n) is 6.82. The van der Waals surface area contributed by atoms with Gasteiger partial charge in [0.15, 0.2) is 11.5 Å². The maximum atomic E-state index is 14.0. The van der Waals surface area contributed by atoms with E-state index < -0.39 is 17.3 Å². The van der Waals surface area contributed by atoms with E-state index in [0.717, 1.165) is 27.1 Å². The van der Waals surface area contributed by atoms with Crippen molar-refractivity contribution in [2.24, 2.45) is 0 Å². The second-order valence-electron chi connectivity index (χ2n) is 9.44. The van der Waals surface area contributed by atoms with Crippen molar-refractivity contribution in [3.05, 3.63) is 125 Å². The van der Waals surface area contributed by atoms with E-state index in [1.54, 1.807) is 28.8 Å². The molecule has 0 radical (unpaired) electrons. The molecule has 7 nitrogen and oxygen atoms in total. The van der Waals surface area contributed by atoms with Crippen molar-refractivity contribution in [3.63, 3.8) is 0 Å². The van der Waals surface area contributed by atoms with Gasteiger partial charge in [0.05, 0.1) is 33.4 Å². The van der Waals surface area contributed by atoms with Crippen molar-refractivity contribution >= 4 is 39.2 Å². The molecule has 0 aliphatic rings. The summed E-state index contributed by atoms with van der Waals surface area (Å²) in [4.78, 5) is 27.8. The quantitative estimate of drug-likeness (QED) is 0.205. The van der Waals surface area contributed by atoms with E-state index in [0.29, 0.717) is 22.1 Å². The molecule has 0 N–H and O–H groups in total. The maximum Gasteiger partial charge on any atom is 0.418 e. The Morgan fingerprint density at radius 3 is 2.12 bits per heavy atom. The number of benzene rings is 4. The number of aromatic nitrogens is 6. The van der Waals surface area contributed by atoms with Gasteiger partial charge < -0.3 is 0 Å². The second-order valence-corrected chi connectivity index (χ2v) is 10.4. The van der Waals surface area contributed by atoms with Gasteiger partial charge in [-0.15, -0.1) is 5.10 Å². The third kappa shape index (κ3) is 4.47. The van der Waals surface area contributed by atoms with Crippen LogP contribution in [-0.4, -0.2) is 29.1 Å². The van der Waals surface area contributed by atoms with Crippen molar-refractivity contribution in [2.45, 2.75) is 17.1 Å². The molecule has 0 aliphatic heterocycles. The fraction of sp³-hybridized carbons (Fsp3) is 0.0645. The van der Waals surface area contributed by atoms with Crippen molar-refractivity contribution < 1.29 is 13.2 Å². The maximum absolute atomic E-state index is 14.0. The Balaban J connectivity index is 1.37. The van der Waals surface area contributed by atoms with Crippen molar-refractivity contribution in [1.29, 1.82) is 0 Å². The van der Waals surface area contributed by atoms with E-state index in [1.807, 2.05) is 54.6 Å². The molecule has 0 aliphatic carbocycles. The van der Waals surface area contributed by atoms with Crippen molar-refractivity contribution in [1.82, 2.24) is 29.1 Å². The first-order chi connectivity index (χ1) is 20.4. The minimum Gasteiger partial charge on any atom is -0.268 e. The summed E-state index contributed by atoms with van der Waals surface area (Å²) in [5.74, 6) is 0.781. The summed E-state index contributed by atoms with van der Waals surface area (Å²) < 4.78 is 44.8. The summed E-state index contributed by atoms with van der Waals surface area (Å²) in [6.07, 6.45) is -4.67. The first kappa shape index (κ1) is 25.9. The highest BCUT2D eigenvalue weighted by molar-refractivity contribution is 7.98. The number of rotatable bonds is 5. The van der Waals surface area contributed by atoms with Crippen LogP contribution in [0.15, 0.2) is 113 Å². The zero-order valence-electron chi connectivity index (χ0n) is 21.7. The van der Waals surface area contributed by atoms with Gasteiger partial charge >= 0.3 is 6.18 Å². The van der Waals surface area contributed by atoms with Gasteiger partial charge in [-0.05, 0) is 36.4 Å². The van der Waals surface area contributed by atoms with Crippen LogP contribution in [0, 0.1) is 0 Å². The summed E-state index contributed by atoms with van der Waals surface area (Å²) in [7, 11) is 0. The standard InChI is InChI=1S/C31H19F3N6OS/c32-31(33,34)22-14-6-9-17-25(22)39-26(35-24-16-8-5-13-21(24)29(39)41)18-42-30-37-28-20-12-4-7-15-23(20)36-27(40(28)38-30)19-10-2-1-3-11-19/h1-17H,18H2. The van der Waals surface area contributed by atoms with E-state index in [9.17, 15) is 18.0 Å². The molecule has 4 aromatic carbocycles. The highest BCUT2D eigenvalue weighted by Crippen LogP contribution is 2.34. The summed E-state index contributed by atoms with van der Waals surface area (Å²) in [6, 6.07) is 28.8. The number of para-hydroxylation sites is 3. The van der Waals surface area contributed by atoms with Gasteiger partial charge in [-0.2, -0.15) is 17.7 Å². The van der Waals surface area contributed by atoms with Crippen LogP contribution >= 0.6 is 11.8 Å².